The summed E-state index contributed by atoms with van der Waals surface area (Å²) in [5.74, 6) is -7.16. The van der Waals surface area contributed by atoms with Gasteiger partial charge in [-0.05, 0) is 153 Å². The first-order chi connectivity index (χ1) is 66.1. The van der Waals surface area contributed by atoms with Crippen molar-refractivity contribution in [1.29, 1.82) is 0 Å². The summed E-state index contributed by atoms with van der Waals surface area (Å²) in [7, 11) is -31.8. The van der Waals surface area contributed by atoms with Crippen LogP contribution in [0.25, 0.3) is 65.6 Å². The summed E-state index contributed by atoms with van der Waals surface area (Å²) in [6.45, 7) is -1.13. The molecule has 0 spiro atoms. The Morgan fingerprint density at radius 2 is 0.689 bits per heavy atom. The average molecular weight is 2190 g/mol. The maximum atomic E-state index is 15.1. The van der Waals surface area contributed by atoms with E-state index in [1.807, 2.05) is 0 Å². The molecule has 0 aliphatic heterocycles. The summed E-state index contributed by atoms with van der Waals surface area (Å²) in [6, 6.07) is 40.0. The first-order valence-corrected chi connectivity index (χ1v) is 48.6. The molecule has 18 rings (SSSR count). The van der Waals surface area contributed by atoms with E-state index in [1.165, 1.54) is 148 Å². The minimum Gasteiger partial charge on any atom is -0.744 e. The second-order valence-corrected chi connectivity index (χ2v) is 39.1. The van der Waals surface area contributed by atoms with Gasteiger partial charge in [-0.3, -0.25) is 48.7 Å². The maximum absolute atomic E-state index is 15.1. The minimum absolute atomic E-state index is 0. The first-order valence-electron chi connectivity index (χ1n) is 40.1. The number of hydrogen-bond acceptors (Lipinski definition) is 38. The number of nitrogens with zero attached hydrogens (tertiary/aromatic N) is 8. The van der Waals surface area contributed by atoms with Crippen molar-refractivity contribution in [3.8, 4) is 45.8 Å². The predicted molar refractivity (Wildman–Crippen MR) is 477 cm³/mol. The molecule has 706 valence electrons. The number of H-pyrrole nitrogens is 4. The van der Waals surface area contributed by atoms with Crippen molar-refractivity contribution in [2.45, 2.75) is 29.4 Å². The first kappa shape index (κ1) is 121. The number of carbonyl (C=O) groups excluding carboxylic acids is 6. The molecule has 0 amide bonds. The third-order valence-corrected chi connectivity index (χ3v) is 27.5. The van der Waals surface area contributed by atoms with Crippen molar-refractivity contribution in [3.05, 3.63) is 317 Å². The van der Waals surface area contributed by atoms with E-state index < -0.39 is 251 Å². The van der Waals surface area contributed by atoms with Crippen LogP contribution in [-0.4, -0.2) is 165 Å². The van der Waals surface area contributed by atoms with E-state index in [2.05, 4.69) is 60.5 Å². The van der Waals surface area contributed by atoms with Crippen LogP contribution in [0, 0.1) is 0 Å². The molecule has 0 saturated carbocycles. The number of aromatic carboxylic acids is 2. The van der Waals surface area contributed by atoms with Crippen LogP contribution in [-0.2, 0) is 74.8 Å². The second-order valence-electron chi connectivity index (χ2n) is 31.0. The number of hydrogen-bond donors (Lipinski definition) is 6. The zero-order valence-electron chi connectivity index (χ0n) is 78.5. The molecule has 2 aliphatic rings. The topological polar surface area (TPSA) is 717 Å². The van der Waals surface area contributed by atoms with Crippen molar-refractivity contribution in [1.82, 2.24) is 39.0 Å². The van der Waals surface area contributed by atoms with Crippen molar-refractivity contribution < 1.29 is 363 Å². The van der Waals surface area contributed by atoms with Gasteiger partial charge in [-0.15, -0.1) is 0 Å². The molecule has 6 N–H and O–H groups in total. The van der Waals surface area contributed by atoms with Crippen LogP contribution in [0.4, 0.5) is 34.1 Å². The smallest absolute Gasteiger partial charge is 0.744 e. The van der Waals surface area contributed by atoms with Crippen molar-refractivity contribution in [2.75, 3.05) is 23.7 Å². The SMILES string of the molecule is Cn1c(=O)c(C(=O)c2cccc(S(=O)(=O)[O-])c2)c2c3c(c(Nc4cc(N=c5[nH]c(Oc6ccc7cc(C(=O)[O-])ccc7c6)nc(=NCCN=c6nc(Oc7ccc8cc(C(=O)[O-])ccc8c7)[nH]c(=Nc7cc(Nc8ccc9c%10c8C(=O)c8ccccc8-c%10c(C(=O)c8cccc(S(=O)(=O)[O-])c8)c(=O)n9C)c(S(=O)(=O)[O-])cc7S(=O)(=O)[O-])[nH]6)[nH]5)c(S(=O)(=O)[O-])cc4S(=O)(=O)[O-])ccc31)C(=O)c1ccccc1-2.[Na+].[Na+].[Na+].[Na+].[Na+].[Na+].[Na+].[Na+]. The largest absolute Gasteiger partial charge is 1.00 e. The molecule has 0 unspecified atom stereocenters. The van der Waals surface area contributed by atoms with E-state index in [4.69, 9.17) is 9.47 Å². The van der Waals surface area contributed by atoms with Gasteiger partial charge in [-0.1, -0.05) is 109 Å². The fourth-order valence-electron chi connectivity index (χ4n) is 16.2. The zero-order valence-corrected chi connectivity index (χ0v) is 99.4. The molecule has 148 heavy (non-hydrogen) atoms. The molecule has 58 heteroatoms. The Hall–Kier alpha value is -8.92. The summed E-state index contributed by atoms with van der Waals surface area (Å²) >= 11 is 0. The van der Waals surface area contributed by atoms with Gasteiger partial charge >= 0.3 is 248 Å². The molecule has 12 aromatic carbocycles. The number of ketones is 4. The number of aromatic nitrogens is 8. The summed E-state index contributed by atoms with van der Waals surface area (Å²) in [5.41, 5.74) is -13.5. The molecule has 0 radical (unpaired) electrons. The van der Waals surface area contributed by atoms with E-state index in [0.29, 0.717) is 33.7 Å². The number of anilines is 4. The van der Waals surface area contributed by atoms with E-state index in [9.17, 15) is 117 Å². The van der Waals surface area contributed by atoms with E-state index in [1.54, 1.807) is 0 Å². The van der Waals surface area contributed by atoms with Crippen LogP contribution >= 0.6 is 0 Å². The molecule has 0 saturated heterocycles. The van der Waals surface area contributed by atoms with E-state index in [-0.39, 0.29) is 326 Å². The number of carboxylic acid groups (broad SMARTS) is 2. The van der Waals surface area contributed by atoms with Gasteiger partial charge in [0.25, 0.3) is 11.1 Å². The number of aromatic amines is 4. The third kappa shape index (κ3) is 24.5. The quantitative estimate of drug-likeness (QED) is 0.0134. The van der Waals surface area contributed by atoms with Crippen LogP contribution in [0.1, 0.15) is 84.4 Å². The Kier molecular flexibility index (Phi) is 38.4. The Morgan fingerprint density at radius 1 is 0.351 bits per heavy atom. The van der Waals surface area contributed by atoms with Crippen molar-refractivity contribution in [3.63, 3.8) is 0 Å². The van der Waals surface area contributed by atoms with Gasteiger partial charge in [-0.25, -0.2) is 70.5 Å². The molecule has 0 bridgehead atoms. The van der Waals surface area contributed by atoms with Gasteiger partial charge in [0, 0.05) is 58.2 Å². The minimum atomic E-state index is -5.98. The van der Waals surface area contributed by atoms with Gasteiger partial charge in [0.1, 0.15) is 72.2 Å². The maximum Gasteiger partial charge on any atom is 1.00 e. The number of aryl methyl sites for hydroxylation is 2. The number of nitrogens with one attached hydrogen (secondary N) is 6. The number of carbonyl (C=O) groups is 6. The fraction of sp³-hybridized carbons (Fsp3) is 0.0444. The standard InChI is InChI=1S/C90H60N14O30S6.8Na/c1-103-63-27-25-57(71-73(63)69(53-13-3-5-15-55(53)79(71)107)75(81(103)109)77(105)45-9-7-11-51(35-45)135(115,116)117)93-59-37-61(67(139(127,128)129)39-65(59)137(121,122)123)95-87-97-85(99-89(101-87)133-49-23-21-41-31-47(83(111)112)19-17-43(41)33-49)91-29-30-92-86-98-88(102-90(100-86)134-50-24-22-42-32-48(84(113)114)20-18-44(42)34-50)96-62-38-60(66(138(124,125)126)40-68(62)140(130,131)132)94-58-26-28-64-74-70(54-14-4-6-16-56(54)80(108)72(58)74)76(82(110)104(64)2)78(106)46-10-8-12-52(36-46)136(118,119)120;;;;;;;;/h3-28,31-40,93-94H,29-30H2,1-2H3,(H,111,112)(H,113,114)(H,115,116,117)(H,118,119,120)(H,121,122,123)(H,124,125,126)(H,127,128,129)(H,130,131,132)(H2,91,95,97,99,101)(H2,92,96,98,100,102);;;;;;;;/q;8*+1/p-8. The van der Waals surface area contributed by atoms with Gasteiger partial charge < -0.3 is 76.4 Å². The molecule has 2 aliphatic carbocycles. The molecule has 4 heterocycles. The third-order valence-electron chi connectivity index (χ3n) is 22.4. The summed E-state index contributed by atoms with van der Waals surface area (Å²) in [6.07, 6.45) is 0. The average Bonchev–Trinajstić information content (AvgIpc) is 0.706. The zero-order chi connectivity index (χ0) is 99.8. The number of pyridine rings is 2. The fourth-order valence-corrected chi connectivity index (χ4v) is 19.9. The summed E-state index contributed by atoms with van der Waals surface area (Å²) < 4.78 is 250. The molecule has 0 fully saturated rings. The number of carboxylic acids is 2. The number of fused-ring (bicyclic) bond motifs is 6. The number of ether oxygens (including phenoxy) is 2. The molecule has 16 aromatic rings. The number of benzene rings is 12. The molecular formula is C90H52N14Na8O30S6. The second kappa shape index (κ2) is 47.0. The number of rotatable bonds is 25. The van der Waals surface area contributed by atoms with Gasteiger partial charge in [0.05, 0.1) is 122 Å². The Bertz CT molecular complexity index is 9110. The van der Waals surface area contributed by atoms with Crippen LogP contribution in [0.5, 0.6) is 23.5 Å². The van der Waals surface area contributed by atoms with Crippen molar-refractivity contribution in [2.24, 2.45) is 34.1 Å². The molecule has 0 atom stereocenters. The Labute approximate surface area is 1010 Å². The van der Waals surface area contributed by atoms with Gasteiger partial charge in [-0.2, -0.15) is 9.97 Å². The van der Waals surface area contributed by atoms with Crippen LogP contribution in [0.15, 0.2) is 277 Å². The molecule has 4 aromatic heterocycles. The van der Waals surface area contributed by atoms with Gasteiger partial charge in [0.2, 0.25) is 22.5 Å². The normalized spacial score (nSPS) is 12.5. The van der Waals surface area contributed by atoms with E-state index >= 15 is 9.59 Å². The van der Waals surface area contributed by atoms with Crippen LogP contribution in [0.2, 0.25) is 0 Å². The molecule has 44 nitrogen and oxygen atoms in total. The Morgan fingerprint density at radius 3 is 1.03 bits per heavy atom. The van der Waals surface area contributed by atoms with E-state index in [0.717, 1.165) is 69.8 Å². The van der Waals surface area contributed by atoms with Crippen LogP contribution < -0.4 is 300 Å². The van der Waals surface area contributed by atoms with Crippen molar-refractivity contribution >= 4 is 173 Å². The van der Waals surface area contributed by atoms with Crippen LogP contribution in [0.3, 0.4) is 0 Å². The monoisotopic (exact) mass is 2180 g/mol. The molecular weight excluding hydrogens is 2130 g/mol. The van der Waals surface area contributed by atoms with Gasteiger partial charge in [0.15, 0.2) is 23.1 Å². The predicted octanol–water partition coefficient (Wildman–Crippen LogP) is -19.1. The summed E-state index contributed by atoms with van der Waals surface area (Å²) in [5, 5.41) is 30.1. The Balaban J connectivity index is 0.00000280. The summed E-state index contributed by atoms with van der Waals surface area (Å²) in [4.78, 5) is 142.